The van der Waals surface area contributed by atoms with Crippen LogP contribution >= 0.6 is 0 Å². The van der Waals surface area contributed by atoms with E-state index < -0.39 is 95.8 Å². The average molecular weight is 857 g/mol. The lowest BCUT2D eigenvalue weighted by Gasteiger charge is -2.49. The van der Waals surface area contributed by atoms with E-state index in [4.69, 9.17) is 23.8 Å². The second-order valence-corrected chi connectivity index (χ2v) is 18.2. The van der Waals surface area contributed by atoms with Crippen LogP contribution in [-0.4, -0.2) is 131 Å². The van der Waals surface area contributed by atoms with Gasteiger partial charge < -0.3 is 44.7 Å². The Morgan fingerprint density at radius 3 is 2.28 bits per heavy atom. The van der Waals surface area contributed by atoms with Gasteiger partial charge in [0, 0.05) is 45.9 Å². The summed E-state index contributed by atoms with van der Waals surface area (Å²) in [7, 11) is 3.30. The van der Waals surface area contributed by atoms with Crippen molar-refractivity contribution >= 4 is 35.7 Å². The van der Waals surface area contributed by atoms with E-state index in [0.717, 1.165) is 38.5 Å². The number of likely N-dealkylation sites (N-methyl/N-ethyl adjacent to an activating group) is 1. The number of nitrogens with one attached hydrogen (secondary N) is 2. The highest BCUT2D eigenvalue weighted by molar-refractivity contribution is 5.96. The fraction of sp³-hybridized carbons (Fsp3) is 0.711. The van der Waals surface area contributed by atoms with E-state index in [-0.39, 0.29) is 31.7 Å². The van der Waals surface area contributed by atoms with Gasteiger partial charge in [0.2, 0.25) is 17.7 Å². The molecular formula is C45H68N4O12. The number of carbonyl (C=O) groups is 5. The van der Waals surface area contributed by atoms with Crippen LogP contribution in [0.5, 0.6) is 0 Å². The number of fused-ring (bicyclic) bond motifs is 4. The Balaban J connectivity index is 1.49. The third-order valence-corrected chi connectivity index (χ3v) is 12.0. The van der Waals surface area contributed by atoms with Crippen molar-refractivity contribution < 1.29 is 58.0 Å². The Morgan fingerprint density at radius 1 is 1.02 bits per heavy atom. The first kappa shape index (κ1) is 48.1. The molecule has 3 heterocycles. The van der Waals surface area contributed by atoms with Crippen LogP contribution in [0.25, 0.3) is 6.08 Å². The number of benzene rings is 1. The van der Waals surface area contributed by atoms with Crippen molar-refractivity contribution in [3.8, 4) is 0 Å². The van der Waals surface area contributed by atoms with Gasteiger partial charge in [0.15, 0.2) is 11.8 Å². The number of hydroxylamine groups is 2. The molecule has 3 amide bonds. The van der Waals surface area contributed by atoms with Gasteiger partial charge in [-0.05, 0) is 64.2 Å². The maximum absolute atomic E-state index is 15.2. The molecule has 4 aliphatic rings. The number of aliphatic hydroxyl groups excluding tert-OH is 2. The predicted molar refractivity (Wildman–Crippen MR) is 224 cm³/mol. The van der Waals surface area contributed by atoms with Crippen LogP contribution < -0.4 is 10.6 Å². The van der Waals surface area contributed by atoms with Crippen LogP contribution in [0.3, 0.4) is 0 Å². The van der Waals surface area contributed by atoms with E-state index in [0.29, 0.717) is 24.0 Å². The highest BCUT2D eigenvalue weighted by atomic mass is 16.8. The van der Waals surface area contributed by atoms with Gasteiger partial charge in [-0.2, -0.15) is 5.06 Å². The van der Waals surface area contributed by atoms with Crippen molar-refractivity contribution in [3.05, 3.63) is 41.5 Å². The summed E-state index contributed by atoms with van der Waals surface area (Å²) >= 11 is 0. The summed E-state index contributed by atoms with van der Waals surface area (Å²) < 4.78 is 25.4. The molecule has 5 rings (SSSR count). The Labute approximate surface area is 359 Å². The van der Waals surface area contributed by atoms with Gasteiger partial charge in [-0.3, -0.25) is 28.8 Å². The Hall–Kier alpha value is -3.93. The first-order valence-corrected chi connectivity index (χ1v) is 22.0. The number of ether oxygens (including phenoxy) is 4. The number of unbranched alkanes of at least 4 members (excludes halogenated alkanes) is 4. The van der Waals surface area contributed by atoms with Gasteiger partial charge >= 0.3 is 11.9 Å². The summed E-state index contributed by atoms with van der Waals surface area (Å²) in [6.07, 6.45) is 4.94. The number of hydrogen-bond acceptors (Lipinski definition) is 13. The molecule has 16 heteroatoms. The van der Waals surface area contributed by atoms with Crippen molar-refractivity contribution in [1.82, 2.24) is 20.6 Å². The Bertz CT molecular complexity index is 1740. The zero-order valence-electron chi connectivity index (χ0n) is 37.1. The smallest absolute Gasteiger partial charge is 0.327 e. The second-order valence-electron chi connectivity index (χ2n) is 18.2. The van der Waals surface area contributed by atoms with Crippen molar-refractivity contribution in [2.24, 2.45) is 5.41 Å². The Kier molecular flexibility index (Phi) is 16.2. The van der Waals surface area contributed by atoms with Crippen LogP contribution in [0.2, 0.25) is 0 Å². The normalized spacial score (nSPS) is 26.9. The van der Waals surface area contributed by atoms with Crippen LogP contribution in [-0.2, 0) is 54.3 Å². The topological polar surface area (TPSA) is 202 Å². The minimum atomic E-state index is -1.67. The quantitative estimate of drug-likeness (QED) is 0.0793. The molecule has 2 bridgehead atoms. The summed E-state index contributed by atoms with van der Waals surface area (Å²) in [4.78, 5) is 76.5. The molecular weight excluding hydrogens is 789 g/mol. The fourth-order valence-electron chi connectivity index (χ4n) is 8.88. The maximum atomic E-state index is 15.2. The van der Waals surface area contributed by atoms with Gasteiger partial charge in [0.25, 0.3) is 0 Å². The molecule has 1 aliphatic carbocycles. The average Bonchev–Trinajstić information content (AvgIpc) is 3.75. The molecule has 2 unspecified atom stereocenters. The minimum Gasteiger partial charge on any atom is -0.460 e. The molecule has 0 aromatic heterocycles. The van der Waals surface area contributed by atoms with Crippen LogP contribution in [0.15, 0.2) is 30.3 Å². The zero-order chi connectivity index (χ0) is 44.7. The number of hydrogen-bond donors (Lipinski definition) is 4. The van der Waals surface area contributed by atoms with Crippen LogP contribution in [0.4, 0.5) is 0 Å². The van der Waals surface area contributed by atoms with Gasteiger partial charge in [-0.1, -0.05) is 63.8 Å². The SMILES string of the molecule is CCCCCC1(CCCCC)O[C@@H]2[C@H]3ON(Cc4ccccc4C=CC(=O)N(C)C)[C@H]4C(=O)OC(CC34C(=O)N[C@@H](C(=O)N[C@H](CO)CCC(=O)OC(C)(C)C)[C@H](C)O)[C@@H]2O1. The molecule has 9 atom stereocenters. The van der Waals surface area contributed by atoms with Gasteiger partial charge in [0.05, 0.1) is 25.3 Å². The lowest BCUT2D eigenvalue weighted by Crippen LogP contribution is -2.71. The van der Waals surface area contributed by atoms with Gasteiger partial charge in [-0.15, -0.1) is 0 Å². The van der Waals surface area contributed by atoms with Crippen molar-refractivity contribution in [2.75, 3.05) is 20.7 Å². The molecule has 61 heavy (non-hydrogen) atoms. The lowest BCUT2D eigenvalue weighted by atomic mass is 9.62. The number of nitrogens with zero attached hydrogens (tertiary/aromatic N) is 2. The van der Waals surface area contributed by atoms with E-state index in [9.17, 15) is 29.4 Å². The summed E-state index contributed by atoms with van der Waals surface area (Å²) in [6.45, 7) is 10.3. The molecule has 16 nitrogen and oxygen atoms in total. The van der Waals surface area contributed by atoms with Crippen molar-refractivity contribution in [3.63, 3.8) is 0 Å². The predicted octanol–water partition coefficient (Wildman–Crippen LogP) is 3.69. The number of esters is 2. The van der Waals surface area contributed by atoms with E-state index in [2.05, 4.69) is 24.5 Å². The second kappa shape index (κ2) is 20.5. The first-order valence-electron chi connectivity index (χ1n) is 22.0. The molecule has 0 spiro atoms. The molecule has 3 aliphatic heterocycles. The molecule has 1 saturated carbocycles. The molecule has 0 radical (unpaired) electrons. The molecule has 340 valence electrons. The zero-order valence-corrected chi connectivity index (χ0v) is 37.1. The first-order chi connectivity index (χ1) is 28.9. The highest BCUT2D eigenvalue weighted by Gasteiger charge is 2.76. The standard InChI is InChI=1S/C45H68N4O12/c1-9-11-15-23-44(24-16-12-10-2)59-36-32-25-45(42(56)47-35(28(3)51)40(54)46-31(27-50)20-22-34(53)58-43(4,5)6)38(41(55)57-32)49(61-39(45)37(36)60-44)26-30-18-14-13-17-29(30)19-21-33(52)48(7)8/h13-14,17-19,21,28,31-32,35-39,50-51H,9-12,15-16,20,22-27H2,1-8H3,(H,46,54)(H,47,56)/t28-,31-,32?,35+,36-,37-,38-,39+,45?/m0/s1. The van der Waals surface area contributed by atoms with Crippen molar-refractivity contribution in [1.29, 1.82) is 0 Å². The number of aliphatic hydroxyl groups is 2. The Morgan fingerprint density at radius 2 is 1.67 bits per heavy atom. The highest BCUT2D eigenvalue weighted by Crippen LogP contribution is 2.58. The number of amides is 3. The summed E-state index contributed by atoms with van der Waals surface area (Å²) in [6, 6.07) is 3.61. The molecule has 1 aromatic rings. The maximum Gasteiger partial charge on any atom is 0.327 e. The molecule has 4 fully saturated rings. The third kappa shape index (κ3) is 11.2. The molecule has 3 saturated heterocycles. The summed E-state index contributed by atoms with van der Waals surface area (Å²) in [5, 5.41) is 28.0. The summed E-state index contributed by atoms with van der Waals surface area (Å²) in [5.41, 5.74) is -0.991. The molecule has 1 aromatic carbocycles. The van der Waals surface area contributed by atoms with E-state index in [1.165, 1.54) is 23.0 Å². The van der Waals surface area contributed by atoms with E-state index in [1.807, 2.05) is 24.3 Å². The fourth-order valence-corrected chi connectivity index (χ4v) is 8.88. The molecule has 4 N–H and O–H groups in total. The largest absolute Gasteiger partial charge is 0.460 e. The van der Waals surface area contributed by atoms with Crippen molar-refractivity contribution in [2.45, 2.75) is 179 Å². The minimum absolute atomic E-state index is 0.0108. The monoisotopic (exact) mass is 856 g/mol. The van der Waals surface area contributed by atoms with Crippen LogP contribution in [0.1, 0.15) is 123 Å². The van der Waals surface area contributed by atoms with Gasteiger partial charge in [-0.25, -0.2) is 0 Å². The third-order valence-electron chi connectivity index (χ3n) is 12.0. The number of carbonyl (C=O) groups excluding carboxylic acids is 5. The van der Waals surface area contributed by atoms with E-state index in [1.54, 1.807) is 40.9 Å². The summed E-state index contributed by atoms with van der Waals surface area (Å²) in [5.74, 6) is -3.94. The lowest BCUT2D eigenvalue weighted by molar-refractivity contribution is -0.224. The van der Waals surface area contributed by atoms with Gasteiger partial charge in [0.1, 0.15) is 41.5 Å². The number of rotatable bonds is 21. The van der Waals surface area contributed by atoms with Crippen LogP contribution in [0, 0.1) is 5.41 Å². The van der Waals surface area contributed by atoms with E-state index >= 15 is 4.79 Å².